The normalized spacial score (nSPS) is 22.8. The molecule has 0 saturated carbocycles. The minimum atomic E-state index is -0.857. The second kappa shape index (κ2) is 7.43. The topological polar surface area (TPSA) is 67.6 Å². The highest BCUT2D eigenvalue weighted by Crippen LogP contribution is 2.17. The summed E-state index contributed by atoms with van der Waals surface area (Å²) in [6.45, 7) is 10.9. The van der Waals surface area contributed by atoms with Crippen LogP contribution in [0.15, 0.2) is 24.3 Å². The summed E-state index contributed by atoms with van der Waals surface area (Å²) in [5, 5.41) is 2.93. The molecule has 2 atom stereocenters. The van der Waals surface area contributed by atoms with E-state index in [9.17, 15) is 4.79 Å². The van der Waals surface area contributed by atoms with E-state index >= 15 is 0 Å². The van der Waals surface area contributed by atoms with Crippen LogP contribution in [-0.4, -0.2) is 41.6 Å². The van der Waals surface area contributed by atoms with Crippen molar-refractivity contribution in [2.75, 3.05) is 13.1 Å². The van der Waals surface area contributed by atoms with Gasteiger partial charge in [-0.2, -0.15) is 0 Å². The van der Waals surface area contributed by atoms with Gasteiger partial charge in [0.05, 0.1) is 17.7 Å². The Labute approximate surface area is 139 Å². The van der Waals surface area contributed by atoms with Crippen molar-refractivity contribution in [3.8, 4) is 0 Å². The first-order chi connectivity index (χ1) is 10.8. The smallest absolute Gasteiger partial charge is 0.239 e. The fraction of sp³-hybridized carbons (Fsp3) is 0.611. The number of carbonyl (C=O) groups excluding carboxylic acids is 1. The van der Waals surface area contributed by atoms with Crippen LogP contribution in [0.5, 0.6) is 0 Å². The first-order valence-electron chi connectivity index (χ1n) is 8.27. The summed E-state index contributed by atoms with van der Waals surface area (Å²) in [5.41, 5.74) is 7.35. The molecule has 1 saturated heterocycles. The molecule has 128 valence electrons. The summed E-state index contributed by atoms with van der Waals surface area (Å²) in [5.74, 6) is -0.138. The third kappa shape index (κ3) is 5.30. The van der Waals surface area contributed by atoms with Crippen LogP contribution in [0.25, 0.3) is 0 Å². The average Bonchev–Trinajstić information content (AvgIpc) is 2.44. The third-order valence-corrected chi connectivity index (χ3v) is 4.03. The Bertz CT molecular complexity index is 529. The summed E-state index contributed by atoms with van der Waals surface area (Å²) in [4.78, 5) is 14.4. The van der Waals surface area contributed by atoms with E-state index in [0.29, 0.717) is 6.54 Å². The summed E-state index contributed by atoms with van der Waals surface area (Å²) >= 11 is 0. The van der Waals surface area contributed by atoms with Gasteiger partial charge >= 0.3 is 0 Å². The minimum absolute atomic E-state index is 0.138. The van der Waals surface area contributed by atoms with Gasteiger partial charge in [0.1, 0.15) is 0 Å². The molecule has 2 rings (SSSR count). The van der Waals surface area contributed by atoms with Crippen LogP contribution in [-0.2, 0) is 22.6 Å². The molecule has 1 amide bonds. The maximum absolute atomic E-state index is 12.0. The molecule has 1 aromatic rings. The highest BCUT2D eigenvalue weighted by atomic mass is 16.5. The van der Waals surface area contributed by atoms with E-state index in [1.54, 1.807) is 13.8 Å². The number of hydrogen-bond donors (Lipinski definition) is 2. The van der Waals surface area contributed by atoms with E-state index in [4.69, 9.17) is 10.5 Å². The number of nitrogens with two attached hydrogens (primary N) is 1. The quantitative estimate of drug-likeness (QED) is 0.866. The van der Waals surface area contributed by atoms with E-state index in [0.717, 1.165) is 25.2 Å². The molecule has 5 nitrogen and oxygen atoms in total. The number of nitrogens with one attached hydrogen (secondary N) is 1. The zero-order valence-corrected chi connectivity index (χ0v) is 14.6. The Balaban J connectivity index is 2.01. The van der Waals surface area contributed by atoms with Crippen molar-refractivity contribution in [2.45, 2.75) is 58.5 Å². The Morgan fingerprint density at radius 3 is 2.39 bits per heavy atom. The second-order valence-electron chi connectivity index (χ2n) is 7.12. The van der Waals surface area contributed by atoms with Gasteiger partial charge in [0.25, 0.3) is 0 Å². The van der Waals surface area contributed by atoms with Crippen molar-refractivity contribution in [2.24, 2.45) is 5.73 Å². The Hall–Kier alpha value is -1.43. The van der Waals surface area contributed by atoms with Crippen molar-refractivity contribution in [3.05, 3.63) is 35.4 Å². The van der Waals surface area contributed by atoms with Crippen LogP contribution in [0.4, 0.5) is 0 Å². The van der Waals surface area contributed by atoms with Crippen LogP contribution < -0.4 is 11.1 Å². The number of ether oxygens (including phenoxy) is 1. The lowest BCUT2D eigenvalue weighted by molar-refractivity contribution is -0.125. The molecule has 5 heteroatoms. The fourth-order valence-electron chi connectivity index (χ4n) is 2.94. The Morgan fingerprint density at radius 1 is 1.26 bits per heavy atom. The average molecular weight is 319 g/mol. The number of benzene rings is 1. The van der Waals surface area contributed by atoms with Crippen LogP contribution in [0.1, 0.15) is 38.8 Å². The molecular weight excluding hydrogens is 290 g/mol. The zero-order valence-electron chi connectivity index (χ0n) is 14.6. The molecule has 1 heterocycles. The molecule has 0 spiro atoms. The zero-order chi connectivity index (χ0) is 17.0. The number of carbonyl (C=O) groups is 1. The van der Waals surface area contributed by atoms with Gasteiger partial charge in [0, 0.05) is 26.2 Å². The number of morpholine rings is 1. The van der Waals surface area contributed by atoms with Gasteiger partial charge in [-0.05, 0) is 38.8 Å². The number of rotatable bonds is 5. The monoisotopic (exact) mass is 319 g/mol. The molecule has 0 aliphatic carbocycles. The molecule has 1 aliphatic rings. The van der Waals surface area contributed by atoms with Crippen LogP contribution >= 0.6 is 0 Å². The van der Waals surface area contributed by atoms with E-state index in [1.807, 2.05) is 12.1 Å². The highest BCUT2D eigenvalue weighted by Gasteiger charge is 2.24. The fourth-order valence-corrected chi connectivity index (χ4v) is 2.94. The van der Waals surface area contributed by atoms with Gasteiger partial charge in [-0.1, -0.05) is 24.3 Å². The van der Waals surface area contributed by atoms with Gasteiger partial charge in [0.15, 0.2) is 0 Å². The number of nitrogens with zero attached hydrogens (tertiary/aromatic N) is 1. The molecule has 1 fully saturated rings. The Morgan fingerprint density at radius 2 is 1.83 bits per heavy atom. The molecule has 3 N–H and O–H groups in total. The van der Waals surface area contributed by atoms with Crippen LogP contribution in [0.2, 0.25) is 0 Å². The number of hydrogen-bond acceptors (Lipinski definition) is 4. The van der Waals surface area contributed by atoms with E-state index in [-0.39, 0.29) is 18.1 Å². The van der Waals surface area contributed by atoms with Gasteiger partial charge in [-0.15, -0.1) is 0 Å². The molecule has 1 aliphatic heterocycles. The maximum atomic E-state index is 12.0. The predicted molar refractivity (Wildman–Crippen MR) is 91.8 cm³/mol. The lowest BCUT2D eigenvalue weighted by Crippen LogP contribution is -2.49. The van der Waals surface area contributed by atoms with Crippen molar-refractivity contribution in [3.63, 3.8) is 0 Å². The first kappa shape index (κ1) is 17.9. The first-order valence-corrected chi connectivity index (χ1v) is 8.27. The van der Waals surface area contributed by atoms with Gasteiger partial charge in [-0.25, -0.2) is 0 Å². The van der Waals surface area contributed by atoms with E-state index < -0.39 is 5.54 Å². The SMILES string of the molecule is CC1CN(Cc2ccccc2CNC(=O)C(C)(C)N)CC(C)O1. The molecular formula is C18H29N3O2. The highest BCUT2D eigenvalue weighted by molar-refractivity contribution is 5.85. The molecule has 23 heavy (non-hydrogen) atoms. The largest absolute Gasteiger partial charge is 0.373 e. The summed E-state index contributed by atoms with van der Waals surface area (Å²) in [6.07, 6.45) is 0.507. The third-order valence-electron chi connectivity index (χ3n) is 4.03. The van der Waals surface area contributed by atoms with Crippen molar-refractivity contribution >= 4 is 5.91 Å². The van der Waals surface area contributed by atoms with Gasteiger partial charge in [0.2, 0.25) is 5.91 Å². The minimum Gasteiger partial charge on any atom is -0.373 e. The maximum Gasteiger partial charge on any atom is 0.239 e. The standard InChI is InChI=1S/C18H29N3O2/c1-13-10-21(11-14(2)23-13)12-16-8-6-5-7-15(16)9-20-17(22)18(3,4)19/h5-8,13-14H,9-12,19H2,1-4H3,(H,20,22). The molecule has 1 aromatic carbocycles. The van der Waals surface area contributed by atoms with Crippen LogP contribution in [0.3, 0.4) is 0 Å². The lowest BCUT2D eigenvalue weighted by atomic mass is 10.0. The summed E-state index contributed by atoms with van der Waals surface area (Å²) in [6, 6.07) is 8.23. The molecule has 0 radical (unpaired) electrons. The van der Waals surface area contributed by atoms with Gasteiger partial charge in [-0.3, -0.25) is 9.69 Å². The van der Waals surface area contributed by atoms with E-state index in [2.05, 4.69) is 36.2 Å². The molecule has 2 unspecified atom stereocenters. The van der Waals surface area contributed by atoms with Crippen molar-refractivity contribution < 1.29 is 9.53 Å². The van der Waals surface area contributed by atoms with Gasteiger partial charge < -0.3 is 15.8 Å². The van der Waals surface area contributed by atoms with E-state index in [1.165, 1.54) is 5.56 Å². The van der Waals surface area contributed by atoms with Crippen molar-refractivity contribution in [1.82, 2.24) is 10.2 Å². The second-order valence-corrected chi connectivity index (χ2v) is 7.12. The molecule has 0 bridgehead atoms. The molecule has 0 aromatic heterocycles. The summed E-state index contributed by atoms with van der Waals surface area (Å²) < 4.78 is 5.79. The lowest BCUT2D eigenvalue weighted by Gasteiger charge is -2.35. The summed E-state index contributed by atoms with van der Waals surface area (Å²) in [7, 11) is 0. The Kier molecular flexibility index (Phi) is 5.79. The van der Waals surface area contributed by atoms with Crippen LogP contribution in [0, 0.1) is 0 Å². The van der Waals surface area contributed by atoms with Crippen molar-refractivity contribution in [1.29, 1.82) is 0 Å². The predicted octanol–water partition coefficient (Wildman–Crippen LogP) is 1.65. The number of amides is 1.